The molecule has 0 amide bonds. The van der Waals surface area contributed by atoms with Gasteiger partial charge in [-0.1, -0.05) is 164 Å². The summed E-state index contributed by atoms with van der Waals surface area (Å²) in [7, 11) is 0. The summed E-state index contributed by atoms with van der Waals surface area (Å²) in [5, 5.41) is 11.6. The number of benzene rings is 11. The number of hydrogen-bond donors (Lipinski definition) is 0. The highest BCUT2D eigenvalue weighted by Crippen LogP contribution is 2.46. The molecule has 0 fully saturated rings. The predicted molar refractivity (Wildman–Crippen MR) is 317 cm³/mol. The largest absolute Gasteiger partial charge is 0.436 e. The lowest BCUT2D eigenvalue weighted by atomic mass is 9.86. The van der Waals surface area contributed by atoms with Crippen LogP contribution in [0.4, 0.5) is 0 Å². The van der Waals surface area contributed by atoms with Crippen LogP contribution in [-0.2, 0) is 0 Å². The van der Waals surface area contributed by atoms with Crippen LogP contribution in [0.1, 0.15) is 0 Å². The molecule has 0 saturated heterocycles. The van der Waals surface area contributed by atoms with Gasteiger partial charge in [0.2, 0.25) is 11.8 Å². The SMILES string of the molecule is c1ccc2oc(-c3ccc(-c4c5ccccc5c(-c5ncnc6ccccc56)c5ccccc45)cc3)nc2c1.c1cnc2ncc(-c3c4ccccc4c(-c4ccc(-c5nc6ccccc6o5)cc4)c4ccccc34)cc2c1. The number of rotatable bonds is 6. The Balaban J connectivity index is 0.000000136. The molecule has 11 aromatic carbocycles. The van der Waals surface area contributed by atoms with Gasteiger partial charge in [-0.3, -0.25) is 0 Å². The van der Waals surface area contributed by atoms with Crippen LogP contribution in [0.3, 0.4) is 0 Å². The smallest absolute Gasteiger partial charge is 0.227 e. The molecule has 0 bridgehead atoms. The Bertz CT molecular complexity index is 4800. The van der Waals surface area contributed by atoms with Crippen molar-refractivity contribution in [2.24, 2.45) is 0 Å². The van der Waals surface area contributed by atoms with Crippen LogP contribution in [0.25, 0.3) is 155 Å². The van der Waals surface area contributed by atoms with Crippen LogP contribution >= 0.6 is 0 Å². The molecule has 0 aliphatic rings. The van der Waals surface area contributed by atoms with E-state index in [-0.39, 0.29) is 0 Å². The Morgan fingerprint density at radius 2 is 0.679 bits per heavy atom. The van der Waals surface area contributed by atoms with Crippen molar-refractivity contribution in [3.05, 3.63) is 255 Å². The molecule has 0 spiro atoms. The quantitative estimate of drug-likeness (QED) is 0.152. The molecule has 0 unspecified atom stereocenters. The number of oxazole rings is 2. The first kappa shape index (κ1) is 44.8. The van der Waals surface area contributed by atoms with Gasteiger partial charge in [0.15, 0.2) is 16.8 Å². The average molecular weight is 999 g/mol. The van der Waals surface area contributed by atoms with Gasteiger partial charge in [0.05, 0.1) is 11.2 Å². The summed E-state index contributed by atoms with van der Waals surface area (Å²) in [6, 6.07) is 81.7. The summed E-state index contributed by atoms with van der Waals surface area (Å²) in [6.07, 6.45) is 5.39. The lowest BCUT2D eigenvalue weighted by Gasteiger charge is -2.18. The van der Waals surface area contributed by atoms with Gasteiger partial charge in [-0.2, -0.15) is 0 Å². The number of nitrogens with zero attached hydrogens (tertiary/aromatic N) is 6. The van der Waals surface area contributed by atoms with Crippen molar-refractivity contribution in [2.45, 2.75) is 0 Å². The Labute approximate surface area is 446 Å². The minimum absolute atomic E-state index is 0.628. The number of pyridine rings is 2. The fourth-order valence-corrected chi connectivity index (χ4v) is 11.3. The normalized spacial score (nSPS) is 11.6. The summed E-state index contributed by atoms with van der Waals surface area (Å²) < 4.78 is 12.0. The van der Waals surface area contributed by atoms with E-state index in [1.807, 2.05) is 79.0 Å². The van der Waals surface area contributed by atoms with Gasteiger partial charge in [0, 0.05) is 45.4 Å². The molecular weight excluding hydrogens is 957 g/mol. The first-order chi connectivity index (χ1) is 38.7. The highest BCUT2D eigenvalue weighted by atomic mass is 16.4. The second-order valence-electron chi connectivity index (χ2n) is 19.3. The van der Waals surface area contributed by atoms with Crippen LogP contribution in [-0.4, -0.2) is 29.9 Å². The molecule has 78 heavy (non-hydrogen) atoms. The van der Waals surface area contributed by atoms with Crippen molar-refractivity contribution >= 4 is 87.2 Å². The monoisotopic (exact) mass is 998 g/mol. The molecule has 0 aliphatic heterocycles. The Hall–Kier alpha value is -10.7. The first-order valence-corrected chi connectivity index (χ1v) is 25.9. The Morgan fingerprint density at radius 1 is 0.282 bits per heavy atom. The molecule has 5 heterocycles. The number of aromatic nitrogens is 6. The summed E-state index contributed by atoms with van der Waals surface area (Å²) in [5.41, 5.74) is 16.0. The molecule has 0 aliphatic carbocycles. The average Bonchev–Trinajstić information content (AvgIpc) is 4.22. The third-order valence-corrected chi connectivity index (χ3v) is 14.8. The topological polar surface area (TPSA) is 104 Å². The number of hydrogen-bond acceptors (Lipinski definition) is 8. The van der Waals surface area contributed by atoms with Crippen molar-refractivity contribution < 1.29 is 8.83 Å². The fraction of sp³-hybridized carbons (Fsp3) is 0. The number of para-hydroxylation sites is 5. The van der Waals surface area contributed by atoms with E-state index >= 15 is 0 Å². The lowest BCUT2D eigenvalue weighted by molar-refractivity contribution is 0.619. The van der Waals surface area contributed by atoms with Crippen molar-refractivity contribution in [2.75, 3.05) is 0 Å². The zero-order valence-corrected chi connectivity index (χ0v) is 41.7. The maximum absolute atomic E-state index is 6.02. The molecule has 364 valence electrons. The van der Waals surface area contributed by atoms with Gasteiger partial charge < -0.3 is 8.83 Å². The molecule has 8 heteroatoms. The van der Waals surface area contributed by atoms with Gasteiger partial charge in [0.25, 0.3) is 0 Å². The maximum Gasteiger partial charge on any atom is 0.227 e. The van der Waals surface area contributed by atoms with E-state index in [1.165, 1.54) is 49.0 Å². The van der Waals surface area contributed by atoms with E-state index in [9.17, 15) is 0 Å². The van der Waals surface area contributed by atoms with Gasteiger partial charge in [-0.05, 0) is 144 Å². The summed E-state index contributed by atoms with van der Waals surface area (Å²) in [4.78, 5) is 27.8. The molecular formula is C70H42N6O2. The summed E-state index contributed by atoms with van der Waals surface area (Å²) >= 11 is 0. The van der Waals surface area contributed by atoms with Gasteiger partial charge in [0.1, 0.15) is 17.4 Å². The Morgan fingerprint density at radius 3 is 1.15 bits per heavy atom. The highest BCUT2D eigenvalue weighted by molar-refractivity contribution is 6.24. The zero-order valence-electron chi connectivity index (χ0n) is 41.7. The molecule has 0 N–H and O–H groups in total. The molecule has 8 nitrogen and oxygen atoms in total. The van der Waals surface area contributed by atoms with Crippen LogP contribution in [0.2, 0.25) is 0 Å². The van der Waals surface area contributed by atoms with Crippen molar-refractivity contribution in [3.63, 3.8) is 0 Å². The third kappa shape index (κ3) is 7.61. The molecule has 0 saturated carbocycles. The molecule has 5 aromatic heterocycles. The second-order valence-corrected chi connectivity index (χ2v) is 19.3. The minimum Gasteiger partial charge on any atom is -0.436 e. The molecule has 16 rings (SSSR count). The first-order valence-electron chi connectivity index (χ1n) is 25.9. The van der Waals surface area contributed by atoms with E-state index in [2.05, 4.69) is 189 Å². The van der Waals surface area contributed by atoms with Crippen LogP contribution in [0.5, 0.6) is 0 Å². The molecule has 0 radical (unpaired) electrons. The van der Waals surface area contributed by atoms with E-state index in [1.54, 1.807) is 12.5 Å². The molecule has 0 atom stereocenters. The van der Waals surface area contributed by atoms with Gasteiger partial charge in [-0.25, -0.2) is 29.9 Å². The molecule has 16 aromatic rings. The van der Waals surface area contributed by atoms with E-state index < -0.39 is 0 Å². The van der Waals surface area contributed by atoms with E-state index in [0.29, 0.717) is 11.8 Å². The predicted octanol–water partition coefficient (Wildman–Crippen LogP) is 18.2. The standard InChI is InChI=1S/2C35H21N3O/c1-3-11-28-26(9-1)32(22-15-17-23(18-16-22)35-38-30-13-5-6-14-31(30)39-35)27-10-2-4-12-29(27)33(28)25-20-24-8-7-19-36-34(24)37-21-25;1-3-11-26-24(9-1)32(22-17-19-23(20-18-22)35-38-30-15-7-8-16-31(30)39-35)25-10-2-4-12-27(25)33(26)34-28-13-5-6-14-29(28)36-21-37-34/h2*1-21H. The highest BCUT2D eigenvalue weighted by Gasteiger charge is 2.21. The van der Waals surface area contributed by atoms with Crippen LogP contribution in [0, 0.1) is 0 Å². The van der Waals surface area contributed by atoms with E-state index in [0.717, 1.165) is 94.0 Å². The third-order valence-electron chi connectivity index (χ3n) is 14.8. The lowest BCUT2D eigenvalue weighted by Crippen LogP contribution is -1.94. The van der Waals surface area contributed by atoms with Gasteiger partial charge >= 0.3 is 0 Å². The van der Waals surface area contributed by atoms with E-state index in [4.69, 9.17) is 13.8 Å². The fourth-order valence-electron chi connectivity index (χ4n) is 11.3. The van der Waals surface area contributed by atoms with Crippen LogP contribution in [0.15, 0.2) is 264 Å². The van der Waals surface area contributed by atoms with Crippen molar-refractivity contribution in [3.8, 4) is 67.5 Å². The van der Waals surface area contributed by atoms with Crippen LogP contribution < -0.4 is 0 Å². The van der Waals surface area contributed by atoms with Crippen molar-refractivity contribution in [1.29, 1.82) is 0 Å². The van der Waals surface area contributed by atoms with Gasteiger partial charge in [-0.15, -0.1) is 0 Å². The maximum atomic E-state index is 6.02. The Kier molecular flexibility index (Phi) is 10.7. The summed E-state index contributed by atoms with van der Waals surface area (Å²) in [5.74, 6) is 1.26. The minimum atomic E-state index is 0.628. The van der Waals surface area contributed by atoms with Crippen molar-refractivity contribution in [1.82, 2.24) is 29.9 Å². The second kappa shape index (κ2) is 18.6. The number of fused-ring (bicyclic) bond motifs is 8. The summed E-state index contributed by atoms with van der Waals surface area (Å²) in [6.45, 7) is 0. The zero-order chi connectivity index (χ0) is 51.5.